The van der Waals surface area contributed by atoms with Crippen LogP contribution in [0.3, 0.4) is 0 Å². The number of amides is 1. The molecule has 1 fully saturated rings. The molecule has 1 heterocycles. The van der Waals surface area contributed by atoms with Gasteiger partial charge >= 0.3 is 0 Å². The molecule has 3 rings (SSSR count). The van der Waals surface area contributed by atoms with E-state index in [4.69, 9.17) is 5.73 Å². The number of halogens is 1. The van der Waals surface area contributed by atoms with Gasteiger partial charge in [0.15, 0.2) is 0 Å². The molecule has 4 heteroatoms. The maximum absolute atomic E-state index is 12.6. The highest BCUT2D eigenvalue weighted by Gasteiger charge is 2.28. The number of unbranched alkanes of at least 4 members (excludes halogenated alkanes) is 2. The average Bonchev–Trinajstić information content (AvgIpc) is 2.95. The summed E-state index contributed by atoms with van der Waals surface area (Å²) in [6.45, 7) is 4.34. The van der Waals surface area contributed by atoms with Crippen molar-refractivity contribution in [2.75, 3.05) is 0 Å². The van der Waals surface area contributed by atoms with Crippen LogP contribution in [0.5, 0.6) is 0 Å². The minimum Gasteiger partial charge on any atom is -0.366 e. The maximum Gasteiger partial charge on any atom is 0.251 e. The predicted molar refractivity (Wildman–Crippen MR) is 125 cm³/mol. The van der Waals surface area contributed by atoms with Crippen LogP contribution in [-0.2, 0) is 6.42 Å². The van der Waals surface area contributed by atoms with Gasteiger partial charge in [-0.25, -0.2) is 0 Å². The number of nitrogens with zero attached hydrogens (tertiary/aromatic N) is 1. The molecule has 0 saturated heterocycles. The summed E-state index contributed by atoms with van der Waals surface area (Å²) >= 11 is 3.54. The number of benzene rings is 1. The molecule has 0 aliphatic heterocycles. The number of aromatic nitrogens is 1. The second-order valence-corrected chi connectivity index (χ2v) is 9.39. The Morgan fingerprint density at radius 1 is 1.07 bits per heavy atom. The first-order valence-corrected chi connectivity index (χ1v) is 12.1. The largest absolute Gasteiger partial charge is 0.366 e. The number of hydrogen-bond acceptors (Lipinski definition) is 1. The van der Waals surface area contributed by atoms with Crippen LogP contribution in [0.2, 0.25) is 0 Å². The Morgan fingerprint density at radius 2 is 1.69 bits per heavy atom. The standard InChI is InChI=1S/C25H35BrN2O/c1-3-4-8-13-22-24(19-14-16-20(26)17-15-19)23(25(27)29)18(2)28(22)21-11-9-6-5-7-10-12-21/h14-17,21H,3-13H2,1-2H3,(H2,27,29). The highest BCUT2D eigenvalue weighted by molar-refractivity contribution is 9.10. The summed E-state index contributed by atoms with van der Waals surface area (Å²) < 4.78 is 3.56. The number of carbonyl (C=O) groups excluding carboxylic acids is 1. The number of hydrogen-bond donors (Lipinski definition) is 1. The molecule has 158 valence electrons. The summed E-state index contributed by atoms with van der Waals surface area (Å²) in [6, 6.07) is 8.81. The van der Waals surface area contributed by atoms with E-state index in [1.165, 1.54) is 63.5 Å². The van der Waals surface area contributed by atoms with Gasteiger partial charge in [-0.3, -0.25) is 4.79 Å². The summed E-state index contributed by atoms with van der Waals surface area (Å²) in [6.07, 6.45) is 13.5. The molecule has 2 N–H and O–H groups in total. The van der Waals surface area contributed by atoms with Gasteiger partial charge in [-0.05, 0) is 50.3 Å². The van der Waals surface area contributed by atoms with Crippen LogP contribution < -0.4 is 5.73 Å². The third-order valence-electron chi connectivity index (χ3n) is 6.39. The summed E-state index contributed by atoms with van der Waals surface area (Å²) in [5.74, 6) is -0.304. The summed E-state index contributed by atoms with van der Waals surface area (Å²) in [5.41, 5.74) is 11.2. The molecule has 3 nitrogen and oxygen atoms in total. The van der Waals surface area contributed by atoms with Gasteiger partial charge in [0, 0.05) is 27.5 Å². The fraction of sp³-hybridized carbons (Fsp3) is 0.560. The van der Waals surface area contributed by atoms with Crippen LogP contribution >= 0.6 is 15.9 Å². The lowest BCUT2D eigenvalue weighted by atomic mass is 9.95. The number of primary amides is 1. The zero-order chi connectivity index (χ0) is 20.8. The van der Waals surface area contributed by atoms with Crippen molar-refractivity contribution < 1.29 is 4.79 Å². The Morgan fingerprint density at radius 3 is 2.28 bits per heavy atom. The van der Waals surface area contributed by atoms with E-state index < -0.39 is 0 Å². The van der Waals surface area contributed by atoms with Gasteiger partial charge in [-0.15, -0.1) is 0 Å². The SMILES string of the molecule is CCCCCc1c(-c2ccc(Br)cc2)c(C(N)=O)c(C)n1C1CCCCCCC1. The third-order valence-corrected chi connectivity index (χ3v) is 6.92. The highest BCUT2D eigenvalue weighted by atomic mass is 79.9. The second kappa shape index (κ2) is 10.5. The fourth-order valence-corrected chi connectivity index (χ4v) is 5.24. The van der Waals surface area contributed by atoms with Crippen LogP contribution in [0.15, 0.2) is 28.7 Å². The van der Waals surface area contributed by atoms with E-state index in [0.717, 1.165) is 39.7 Å². The van der Waals surface area contributed by atoms with Gasteiger partial charge in [0.05, 0.1) is 5.56 Å². The second-order valence-electron chi connectivity index (χ2n) is 8.48. The van der Waals surface area contributed by atoms with Crippen molar-refractivity contribution in [1.82, 2.24) is 4.57 Å². The molecule has 1 aliphatic carbocycles. The lowest BCUT2D eigenvalue weighted by Gasteiger charge is -2.26. The molecule has 0 bridgehead atoms. The van der Waals surface area contributed by atoms with Crippen molar-refractivity contribution >= 4 is 21.8 Å². The van der Waals surface area contributed by atoms with Crippen LogP contribution in [0.25, 0.3) is 11.1 Å². The predicted octanol–water partition coefficient (Wildman–Crippen LogP) is 7.34. The number of rotatable bonds is 7. The van der Waals surface area contributed by atoms with Crippen LogP contribution in [0, 0.1) is 6.92 Å². The number of nitrogens with two attached hydrogens (primary N) is 1. The smallest absolute Gasteiger partial charge is 0.251 e. The zero-order valence-corrected chi connectivity index (χ0v) is 19.6. The lowest BCUT2D eigenvalue weighted by molar-refractivity contribution is 0.1000. The van der Waals surface area contributed by atoms with E-state index in [-0.39, 0.29) is 5.91 Å². The first-order chi connectivity index (χ1) is 14.0. The minimum absolute atomic E-state index is 0.304. The van der Waals surface area contributed by atoms with Gasteiger partial charge in [0.1, 0.15) is 0 Å². The Balaban J connectivity index is 2.15. The summed E-state index contributed by atoms with van der Waals surface area (Å²) in [4.78, 5) is 12.6. The van der Waals surface area contributed by atoms with E-state index in [1.807, 2.05) is 0 Å². The summed E-state index contributed by atoms with van der Waals surface area (Å²) in [5, 5.41) is 0. The molecule has 0 unspecified atom stereocenters. The van der Waals surface area contributed by atoms with E-state index in [0.29, 0.717) is 6.04 Å². The van der Waals surface area contributed by atoms with Crippen molar-refractivity contribution in [3.63, 3.8) is 0 Å². The van der Waals surface area contributed by atoms with Crippen molar-refractivity contribution in [2.24, 2.45) is 5.73 Å². The van der Waals surface area contributed by atoms with E-state index in [9.17, 15) is 4.79 Å². The topological polar surface area (TPSA) is 48.0 Å². The van der Waals surface area contributed by atoms with E-state index in [2.05, 4.69) is 58.6 Å². The Bertz CT molecular complexity index is 814. The van der Waals surface area contributed by atoms with Crippen LogP contribution in [0.4, 0.5) is 0 Å². The van der Waals surface area contributed by atoms with Gasteiger partial charge < -0.3 is 10.3 Å². The molecule has 0 spiro atoms. The molecule has 1 aromatic carbocycles. The van der Waals surface area contributed by atoms with Crippen LogP contribution in [-0.4, -0.2) is 10.5 Å². The molecular formula is C25H35BrN2O. The van der Waals surface area contributed by atoms with Gasteiger partial charge in [0.25, 0.3) is 5.91 Å². The fourth-order valence-electron chi connectivity index (χ4n) is 4.97. The quantitative estimate of drug-likeness (QED) is 0.433. The van der Waals surface area contributed by atoms with Gasteiger partial charge in [0.2, 0.25) is 0 Å². The van der Waals surface area contributed by atoms with Gasteiger partial charge in [-0.2, -0.15) is 0 Å². The third kappa shape index (κ3) is 5.14. The monoisotopic (exact) mass is 458 g/mol. The molecule has 1 aromatic heterocycles. The first kappa shape index (κ1) is 22.1. The molecular weight excluding hydrogens is 424 g/mol. The van der Waals surface area contributed by atoms with Crippen molar-refractivity contribution in [1.29, 1.82) is 0 Å². The molecule has 1 amide bonds. The van der Waals surface area contributed by atoms with Crippen molar-refractivity contribution in [3.8, 4) is 11.1 Å². The van der Waals surface area contributed by atoms with Crippen molar-refractivity contribution in [2.45, 2.75) is 90.5 Å². The van der Waals surface area contributed by atoms with Gasteiger partial charge in [-0.1, -0.05) is 79.9 Å². The molecule has 1 aliphatic rings. The molecule has 1 saturated carbocycles. The zero-order valence-electron chi connectivity index (χ0n) is 18.0. The number of carbonyl (C=O) groups is 1. The average molecular weight is 459 g/mol. The minimum atomic E-state index is -0.304. The Hall–Kier alpha value is -1.55. The highest BCUT2D eigenvalue weighted by Crippen LogP contribution is 2.39. The van der Waals surface area contributed by atoms with E-state index in [1.54, 1.807) is 0 Å². The van der Waals surface area contributed by atoms with Crippen LogP contribution in [0.1, 0.15) is 98.9 Å². The molecule has 29 heavy (non-hydrogen) atoms. The summed E-state index contributed by atoms with van der Waals surface area (Å²) in [7, 11) is 0. The maximum atomic E-state index is 12.6. The lowest BCUT2D eigenvalue weighted by Crippen LogP contribution is -2.17. The van der Waals surface area contributed by atoms with Crippen molar-refractivity contribution in [3.05, 3.63) is 45.7 Å². The normalized spacial score (nSPS) is 15.8. The Labute approximate surface area is 184 Å². The van der Waals surface area contributed by atoms with E-state index >= 15 is 0 Å². The molecule has 2 aromatic rings. The first-order valence-electron chi connectivity index (χ1n) is 11.3. The Kier molecular flexibility index (Phi) is 7.99. The molecule has 0 atom stereocenters. The molecule has 0 radical (unpaired) electrons.